The number of aromatic carboxylic acids is 1. The number of fused-ring (bicyclic) bond motifs is 1. The minimum absolute atomic E-state index is 0.211. The van der Waals surface area contributed by atoms with Gasteiger partial charge in [0, 0.05) is 19.2 Å². The van der Waals surface area contributed by atoms with Crippen LogP contribution in [0.2, 0.25) is 0 Å². The molecular formula is C14H17N3O3. The van der Waals surface area contributed by atoms with Gasteiger partial charge in [-0.1, -0.05) is 0 Å². The van der Waals surface area contributed by atoms with Gasteiger partial charge >= 0.3 is 5.97 Å². The van der Waals surface area contributed by atoms with Crippen molar-refractivity contribution in [1.82, 2.24) is 15.0 Å². The average Bonchev–Trinajstić information content (AvgIpc) is 2.88. The molecule has 1 unspecified atom stereocenters. The number of rotatable bonds is 4. The highest BCUT2D eigenvalue weighted by molar-refractivity contribution is 5.99. The summed E-state index contributed by atoms with van der Waals surface area (Å²) < 4.78 is 5.68. The highest BCUT2D eigenvalue weighted by Crippen LogP contribution is 2.19. The first kappa shape index (κ1) is 13.1. The third-order valence-corrected chi connectivity index (χ3v) is 3.65. The van der Waals surface area contributed by atoms with E-state index in [0.717, 1.165) is 38.1 Å². The number of nitrogens with zero attached hydrogens (tertiary/aromatic N) is 2. The number of carboxylic acid groups (broad SMARTS) is 1. The second-order valence-corrected chi connectivity index (χ2v) is 5.07. The Hall–Kier alpha value is -1.95. The zero-order chi connectivity index (χ0) is 13.9. The Kier molecular flexibility index (Phi) is 3.64. The number of imidazole rings is 1. The van der Waals surface area contributed by atoms with Crippen LogP contribution >= 0.6 is 0 Å². The first-order valence-electron chi connectivity index (χ1n) is 6.92. The molecule has 0 aromatic carbocycles. The molecule has 0 amide bonds. The van der Waals surface area contributed by atoms with Crippen LogP contribution in [0.4, 0.5) is 0 Å². The molecule has 2 aromatic heterocycles. The van der Waals surface area contributed by atoms with Gasteiger partial charge in [-0.25, -0.2) is 14.8 Å². The van der Waals surface area contributed by atoms with Gasteiger partial charge in [-0.2, -0.15) is 0 Å². The third kappa shape index (κ3) is 2.65. The minimum atomic E-state index is -0.969. The van der Waals surface area contributed by atoms with E-state index in [1.54, 1.807) is 0 Å². The topological polar surface area (TPSA) is 88.1 Å². The van der Waals surface area contributed by atoms with Crippen LogP contribution in [0.3, 0.4) is 0 Å². The van der Waals surface area contributed by atoms with Crippen LogP contribution in [0.5, 0.6) is 0 Å². The van der Waals surface area contributed by atoms with Crippen molar-refractivity contribution in [2.75, 3.05) is 6.61 Å². The molecule has 20 heavy (non-hydrogen) atoms. The van der Waals surface area contributed by atoms with Crippen molar-refractivity contribution < 1.29 is 14.6 Å². The van der Waals surface area contributed by atoms with Crippen LogP contribution in [-0.2, 0) is 11.2 Å². The summed E-state index contributed by atoms with van der Waals surface area (Å²) in [5.74, 6) is -0.196. The van der Waals surface area contributed by atoms with Gasteiger partial charge in [0.05, 0.1) is 17.2 Å². The van der Waals surface area contributed by atoms with Crippen molar-refractivity contribution in [3.63, 3.8) is 0 Å². The zero-order valence-electron chi connectivity index (χ0n) is 11.1. The molecule has 3 rings (SSSR count). The lowest BCUT2D eigenvalue weighted by atomic mass is 10.0. The molecule has 0 bridgehead atoms. The Balaban J connectivity index is 1.75. The molecule has 6 heteroatoms. The molecule has 2 N–H and O–H groups in total. The van der Waals surface area contributed by atoms with Gasteiger partial charge in [-0.05, 0) is 31.7 Å². The molecule has 6 nitrogen and oxygen atoms in total. The summed E-state index contributed by atoms with van der Waals surface area (Å²) in [5, 5.41) is 9.13. The number of hydrogen-bond donors (Lipinski definition) is 2. The molecule has 1 aliphatic heterocycles. The predicted octanol–water partition coefficient (Wildman–Crippen LogP) is 2.16. The predicted molar refractivity (Wildman–Crippen MR) is 72.8 cm³/mol. The second-order valence-electron chi connectivity index (χ2n) is 5.07. The van der Waals surface area contributed by atoms with E-state index >= 15 is 0 Å². The summed E-state index contributed by atoms with van der Waals surface area (Å²) in [6, 6.07) is 1.48. The summed E-state index contributed by atoms with van der Waals surface area (Å²) in [7, 11) is 0. The van der Waals surface area contributed by atoms with Crippen LogP contribution in [0.25, 0.3) is 11.2 Å². The summed E-state index contributed by atoms with van der Waals surface area (Å²) in [4.78, 5) is 22.7. The number of aryl methyl sites for hydroxylation is 1. The number of nitrogens with one attached hydrogen (secondary N) is 1. The molecule has 0 saturated carbocycles. The number of carboxylic acids is 1. The largest absolute Gasteiger partial charge is 0.478 e. The fourth-order valence-electron chi connectivity index (χ4n) is 2.59. The number of hydrogen-bond acceptors (Lipinski definition) is 4. The fourth-order valence-corrected chi connectivity index (χ4v) is 2.59. The van der Waals surface area contributed by atoms with E-state index < -0.39 is 5.97 Å². The maximum Gasteiger partial charge on any atom is 0.338 e. The fraction of sp³-hybridized carbons (Fsp3) is 0.500. The van der Waals surface area contributed by atoms with Crippen molar-refractivity contribution in [3.05, 3.63) is 23.7 Å². The van der Waals surface area contributed by atoms with E-state index in [0.29, 0.717) is 17.3 Å². The molecule has 1 aliphatic rings. The third-order valence-electron chi connectivity index (χ3n) is 3.65. The van der Waals surface area contributed by atoms with E-state index in [2.05, 4.69) is 15.0 Å². The lowest BCUT2D eigenvalue weighted by molar-refractivity contribution is 0.0112. The van der Waals surface area contributed by atoms with Gasteiger partial charge in [0.2, 0.25) is 0 Å². The maximum absolute atomic E-state index is 11.1. The number of aromatic nitrogens is 3. The van der Waals surface area contributed by atoms with Crippen molar-refractivity contribution in [2.24, 2.45) is 0 Å². The van der Waals surface area contributed by atoms with Crippen molar-refractivity contribution >= 4 is 17.1 Å². The van der Waals surface area contributed by atoms with Gasteiger partial charge in [0.15, 0.2) is 5.65 Å². The number of aromatic amines is 1. The lowest BCUT2D eigenvalue weighted by Gasteiger charge is -2.21. The minimum Gasteiger partial charge on any atom is -0.478 e. The molecule has 1 atom stereocenters. The second kappa shape index (κ2) is 5.58. The Morgan fingerprint density at radius 2 is 2.40 bits per heavy atom. The summed E-state index contributed by atoms with van der Waals surface area (Å²) in [5.41, 5.74) is 1.17. The first-order chi connectivity index (χ1) is 9.74. The van der Waals surface area contributed by atoms with E-state index in [1.165, 1.54) is 18.7 Å². The number of H-pyrrole nitrogens is 1. The number of pyridine rings is 1. The molecule has 1 saturated heterocycles. The first-order valence-corrected chi connectivity index (χ1v) is 6.92. The van der Waals surface area contributed by atoms with Crippen LogP contribution < -0.4 is 0 Å². The van der Waals surface area contributed by atoms with Crippen LogP contribution in [0, 0.1) is 0 Å². The molecule has 1 fully saturated rings. The molecular weight excluding hydrogens is 258 g/mol. The number of ether oxygens (including phenoxy) is 1. The smallest absolute Gasteiger partial charge is 0.338 e. The zero-order valence-corrected chi connectivity index (χ0v) is 11.1. The highest BCUT2D eigenvalue weighted by atomic mass is 16.5. The van der Waals surface area contributed by atoms with E-state index in [-0.39, 0.29) is 5.56 Å². The Morgan fingerprint density at radius 1 is 1.50 bits per heavy atom. The summed E-state index contributed by atoms with van der Waals surface area (Å²) >= 11 is 0. The molecule has 0 aliphatic carbocycles. The van der Waals surface area contributed by atoms with Gasteiger partial charge in [-0.15, -0.1) is 0 Å². The molecule has 2 aromatic rings. The lowest BCUT2D eigenvalue weighted by Crippen LogP contribution is -2.19. The normalized spacial score (nSPS) is 19.3. The summed E-state index contributed by atoms with van der Waals surface area (Å²) in [6.07, 6.45) is 6.88. The van der Waals surface area contributed by atoms with Crippen molar-refractivity contribution in [3.8, 4) is 0 Å². The van der Waals surface area contributed by atoms with Gasteiger partial charge in [0.1, 0.15) is 5.82 Å². The SMILES string of the molecule is O=C(O)c1ccnc2nc(CCC3CCCCO3)[nH]c12. The van der Waals surface area contributed by atoms with Gasteiger partial charge in [-0.3, -0.25) is 0 Å². The highest BCUT2D eigenvalue weighted by Gasteiger charge is 2.16. The van der Waals surface area contributed by atoms with Gasteiger partial charge < -0.3 is 14.8 Å². The molecule has 0 radical (unpaired) electrons. The molecule has 0 spiro atoms. The standard InChI is InChI=1S/C14H17N3O3/c18-14(19)10-6-7-15-13-12(10)16-11(17-13)5-4-9-3-1-2-8-20-9/h6-7,9H,1-5,8H2,(H,18,19)(H,15,16,17). The van der Waals surface area contributed by atoms with Crippen molar-refractivity contribution in [1.29, 1.82) is 0 Å². The Morgan fingerprint density at radius 3 is 3.15 bits per heavy atom. The Labute approximate surface area is 116 Å². The summed E-state index contributed by atoms with van der Waals surface area (Å²) in [6.45, 7) is 0.843. The van der Waals surface area contributed by atoms with E-state index in [4.69, 9.17) is 9.84 Å². The maximum atomic E-state index is 11.1. The van der Waals surface area contributed by atoms with Crippen molar-refractivity contribution in [2.45, 2.75) is 38.2 Å². The molecule has 3 heterocycles. The quantitative estimate of drug-likeness (QED) is 0.892. The Bertz CT molecular complexity index is 617. The number of carbonyl (C=O) groups is 1. The average molecular weight is 275 g/mol. The van der Waals surface area contributed by atoms with Crippen LogP contribution in [0.1, 0.15) is 41.9 Å². The monoisotopic (exact) mass is 275 g/mol. The van der Waals surface area contributed by atoms with E-state index in [1.807, 2.05) is 0 Å². The van der Waals surface area contributed by atoms with Crippen LogP contribution in [0.15, 0.2) is 12.3 Å². The van der Waals surface area contributed by atoms with E-state index in [9.17, 15) is 4.79 Å². The van der Waals surface area contributed by atoms with Gasteiger partial charge in [0.25, 0.3) is 0 Å². The van der Waals surface area contributed by atoms with Crippen LogP contribution in [-0.4, -0.2) is 38.7 Å². The molecule has 106 valence electrons.